The highest BCUT2D eigenvalue weighted by Crippen LogP contribution is 2.44. The third-order valence-corrected chi connectivity index (χ3v) is 6.36. The van der Waals surface area contributed by atoms with Crippen LogP contribution in [-0.2, 0) is 9.47 Å². The Labute approximate surface area is 178 Å². The van der Waals surface area contributed by atoms with Crippen molar-refractivity contribution in [3.05, 3.63) is 71.0 Å². The Hall–Kier alpha value is -2.24. The van der Waals surface area contributed by atoms with Crippen molar-refractivity contribution < 1.29 is 18.7 Å². The third-order valence-electron chi connectivity index (χ3n) is 6.36. The highest BCUT2D eigenvalue weighted by Gasteiger charge is 2.45. The van der Waals surface area contributed by atoms with Crippen molar-refractivity contribution in [2.75, 3.05) is 19.7 Å². The SMILES string of the molecule is CCOC1CC(c2ccccc2)OC2(CCN(C(=O)c3ccc(C)cc3F)CC2)C1. The molecule has 1 amide bonds. The van der Waals surface area contributed by atoms with Crippen LogP contribution in [0.5, 0.6) is 0 Å². The van der Waals surface area contributed by atoms with Gasteiger partial charge in [0.25, 0.3) is 5.91 Å². The lowest BCUT2D eigenvalue weighted by Gasteiger charge is -2.48. The number of carbonyl (C=O) groups excluding carboxylic acids is 1. The van der Waals surface area contributed by atoms with Gasteiger partial charge in [-0.05, 0) is 49.9 Å². The second-order valence-corrected chi connectivity index (χ2v) is 8.49. The van der Waals surface area contributed by atoms with E-state index >= 15 is 0 Å². The summed E-state index contributed by atoms with van der Waals surface area (Å²) in [5.74, 6) is -0.686. The summed E-state index contributed by atoms with van der Waals surface area (Å²) in [5, 5.41) is 0. The number of ether oxygens (including phenoxy) is 2. The highest BCUT2D eigenvalue weighted by atomic mass is 19.1. The van der Waals surface area contributed by atoms with E-state index in [9.17, 15) is 9.18 Å². The second-order valence-electron chi connectivity index (χ2n) is 8.49. The lowest BCUT2D eigenvalue weighted by molar-refractivity contribution is -0.190. The molecule has 5 heteroatoms. The summed E-state index contributed by atoms with van der Waals surface area (Å²) in [6.45, 7) is 5.65. The average molecular weight is 412 g/mol. The maximum Gasteiger partial charge on any atom is 0.256 e. The van der Waals surface area contributed by atoms with Crippen LogP contribution < -0.4 is 0 Å². The molecule has 0 bridgehead atoms. The van der Waals surface area contributed by atoms with E-state index in [1.54, 1.807) is 17.0 Å². The van der Waals surface area contributed by atoms with Crippen LogP contribution in [0.25, 0.3) is 0 Å². The predicted octanol–water partition coefficient (Wildman–Crippen LogP) is 5.07. The fourth-order valence-corrected chi connectivity index (χ4v) is 4.77. The zero-order valence-electron chi connectivity index (χ0n) is 17.8. The molecule has 30 heavy (non-hydrogen) atoms. The number of benzene rings is 2. The van der Waals surface area contributed by atoms with Gasteiger partial charge in [-0.3, -0.25) is 4.79 Å². The molecule has 0 N–H and O–H groups in total. The fourth-order valence-electron chi connectivity index (χ4n) is 4.77. The molecular formula is C25H30FNO3. The number of likely N-dealkylation sites (tertiary alicyclic amines) is 1. The summed E-state index contributed by atoms with van der Waals surface area (Å²) in [4.78, 5) is 14.6. The summed E-state index contributed by atoms with van der Waals surface area (Å²) in [6, 6.07) is 15.1. The zero-order chi connectivity index (χ0) is 21.1. The molecule has 160 valence electrons. The van der Waals surface area contributed by atoms with Gasteiger partial charge >= 0.3 is 0 Å². The van der Waals surface area contributed by atoms with Crippen molar-refractivity contribution in [1.29, 1.82) is 0 Å². The van der Waals surface area contributed by atoms with E-state index in [1.807, 2.05) is 32.0 Å². The van der Waals surface area contributed by atoms with Gasteiger partial charge in [-0.2, -0.15) is 0 Å². The lowest BCUT2D eigenvalue weighted by atomic mass is 9.80. The van der Waals surface area contributed by atoms with E-state index in [2.05, 4.69) is 12.1 Å². The first-order valence-corrected chi connectivity index (χ1v) is 10.9. The molecule has 2 aliphatic heterocycles. The quantitative estimate of drug-likeness (QED) is 0.705. The van der Waals surface area contributed by atoms with Gasteiger partial charge in [0, 0.05) is 32.5 Å². The highest BCUT2D eigenvalue weighted by molar-refractivity contribution is 5.94. The summed E-state index contributed by atoms with van der Waals surface area (Å²) >= 11 is 0. The predicted molar refractivity (Wildman–Crippen MR) is 114 cm³/mol. The van der Waals surface area contributed by atoms with Crippen molar-refractivity contribution in [3.63, 3.8) is 0 Å². The smallest absolute Gasteiger partial charge is 0.256 e. The molecule has 2 heterocycles. The molecule has 2 aromatic rings. The van der Waals surface area contributed by atoms with E-state index in [1.165, 1.54) is 11.6 Å². The number of rotatable bonds is 4. The molecule has 2 aliphatic rings. The van der Waals surface area contributed by atoms with Gasteiger partial charge in [-0.25, -0.2) is 4.39 Å². The molecule has 2 fully saturated rings. The topological polar surface area (TPSA) is 38.8 Å². The van der Waals surface area contributed by atoms with E-state index in [0.29, 0.717) is 19.7 Å². The summed E-state index contributed by atoms with van der Waals surface area (Å²) in [7, 11) is 0. The minimum absolute atomic E-state index is 0.00621. The largest absolute Gasteiger partial charge is 0.378 e. The van der Waals surface area contributed by atoms with Gasteiger partial charge in [0.05, 0.1) is 23.4 Å². The van der Waals surface area contributed by atoms with E-state index in [0.717, 1.165) is 31.2 Å². The van der Waals surface area contributed by atoms with Crippen molar-refractivity contribution >= 4 is 5.91 Å². The number of amides is 1. The van der Waals surface area contributed by atoms with E-state index in [4.69, 9.17) is 9.47 Å². The monoisotopic (exact) mass is 411 g/mol. The summed E-state index contributed by atoms with van der Waals surface area (Å²) < 4.78 is 27.0. The lowest BCUT2D eigenvalue weighted by Crippen LogP contribution is -2.52. The van der Waals surface area contributed by atoms with Crippen LogP contribution in [-0.4, -0.2) is 42.2 Å². The normalized spacial score (nSPS) is 23.5. The zero-order valence-corrected chi connectivity index (χ0v) is 17.8. The number of halogens is 1. The number of nitrogens with zero attached hydrogens (tertiary/aromatic N) is 1. The molecule has 2 aromatic carbocycles. The molecular weight excluding hydrogens is 381 g/mol. The first kappa shape index (κ1) is 21.0. The Morgan fingerprint density at radius 2 is 1.93 bits per heavy atom. The maximum atomic E-state index is 14.3. The van der Waals surface area contributed by atoms with Crippen molar-refractivity contribution in [3.8, 4) is 0 Å². The van der Waals surface area contributed by atoms with E-state index < -0.39 is 5.82 Å². The minimum Gasteiger partial charge on any atom is -0.378 e. The number of carbonyl (C=O) groups is 1. The Bertz CT molecular complexity index is 877. The van der Waals surface area contributed by atoms with Crippen LogP contribution in [0.15, 0.2) is 48.5 Å². The Kier molecular flexibility index (Phi) is 6.21. The Morgan fingerprint density at radius 3 is 2.60 bits per heavy atom. The summed E-state index contributed by atoms with van der Waals surface area (Å²) in [6.07, 6.45) is 3.29. The van der Waals surface area contributed by atoms with Crippen LogP contribution in [0.2, 0.25) is 0 Å². The molecule has 4 nitrogen and oxygen atoms in total. The molecule has 0 aliphatic carbocycles. The van der Waals surface area contributed by atoms with Crippen LogP contribution in [0.4, 0.5) is 4.39 Å². The Morgan fingerprint density at radius 1 is 1.20 bits per heavy atom. The fraction of sp³-hybridized carbons (Fsp3) is 0.480. The average Bonchev–Trinajstić information content (AvgIpc) is 2.74. The molecule has 0 radical (unpaired) electrons. The van der Waals surface area contributed by atoms with Crippen molar-refractivity contribution in [1.82, 2.24) is 4.90 Å². The number of aryl methyl sites for hydroxylation is 1. The minimum atomic E-state index is -0.449. The van der Waals surface area contributed by atoms with Crippen LogP contribution in [0.3, 0.4) is 0 Å². The molecule has 0 aromatic heterocycles. The van der Waals surface area contributed by atoms with E-state index in [-0.39, 0.29) is 29.3 Å². The Balaban J connectivity index is 1.48. The molecule has 4 rings (SSSR count). The van der Waals surface area contributed by atoms with Gasteiger partial charge < -0.3 is 14.4 Å². The van der Waals surface area contributed by atoms with Crippen LogP contribution in [0, 0.1) is 12.7 Å². The molecule has 2 atom stereocenters. The summed E-state index contributed by atoms with van der Waals surface area (Å²) in [5.41, 5.74) is 1.82. The van der Waals surface area contributed by atoms with Crippen LogP contribution >= 0.6 is 0 Å². The molecule has 2 saturated heterocycles. The van der Waals surface area contributed by atoms with Crippen molar-refractivity contribution in [2.45, 2.75) is 57.3 Å². The number of hydrogen-bond donors (Lipinski definition) is 0. The first-order valence-electron chi connectivity index (χ1n) is 10.9. The van der Waals surface area contributed by atoms with Crippen molar-refractivity contribution in [2.24, 2.45) is 0 Å². The first-order chi connectivity index (χ1) is 14.5. The number of piperidine rings is 1. The second kappa shape index (κ2) is 8.86. The molecule has 1 spiro atoms. The van der Waals surface area contributed by atoms with Gasteiger partial charge in [0.2, 0.25) is 0 Å². The van der Waals surface area contributed by atoms with Gasteiger partial charge in [0.1, 0.15) is 5.82 Å². The van der Waals surface area contributed by atoms with Crippen LogP contribution in [0.1, 0.15) is 60.2 Å². The van der Waals surface area contributed by atoms with Gasteiger partial charge in [-0.15, -0.1) is 0 Å². The van der Waals surface area contributed by atoms with Gasteiger partial charge in [-0.1, -0.05) is 36.4 Å². The standard InChI is InChI=1S/C25H30FNO3/c1-3-29-20-16-23(19-7-5-4-6-8-19)30-25(17-20)11-13-27(14-12-25)24(28)21-10-9-18(2)15-22(21)26/h4-10,15,20,23H,3,11-14,16-17H2,1-2H3. The molecule has 0 saturated carbocycles. The van der Waals surface area contributed by atoms with Gasteiger partial charge in [0.15, 0.2) is 0 Å². The maximum absolute atomic E-state index is 14.3. The molecule has 2 unspecified atom stereocenters. The third kappa shape index (κ3) is 4.42. The number of hydrogen-bond acceptors (Lipinski definition) is 3.